The molecule has 0 N–H and O–H groups in total. The molecule has 1 amide bonds. The molecule has 2 atom stereocenters. The highest BCUT2D eigenvalue weighted by Gasteiger charge is 2.42. The minimum Gasteiger partial charge on any atom is -0.467 e. The molecule has 2 unspecified atom stereocenters. The molecule has 1 aliphatic heterocycles. The Hall–Kier alpha value is -1.13. The molecule has 1 fully saturated rings. The van der Waals surface area contributed by atoms with Crippen molar-refractivity contribution in [3.8, 4) is 5.75 Å². The SMILES string of the molecule is CC(C)(C)OC(=O)N1CCC(C(=NS(=O)C(C)(C)C)c2cc(Cl)c(Cl)cc2OCOCC[Si](C)(C)C)CC1(C)C. The van der Waals surface area contributed by atoms with Crippen LogP contribution in [0.2, 0.25) is 35.7 Å². The van der Waals surface area contributed by atoms with Crippen LogP contribution in [0, 0.1) is 5.92 Å². The number of nitrogens with zero attached hydrogens (tertiary/aromatic N) is 2. The van der Waals surface area contributed by atoms with Gasteiger partial charge in [0, 0.05) is 44.3 Å². The second kappa shape index (κ2) is 13.4. The van der Waals surface area contributed by atoms with E-state index < -0.39 is 34.9 Å². The first-order valence-corrected chi connectivity index (χ1v) is 19.4. The van der Waals surface area contributed by atoms with Gasteiger partial charge in [-0.3, -0.25) is 0 Å². The van der Waals surface area contributed by atoms with E-state index in [1.165, 1.54) is 0 Å². The second-order valence-electron chi connectivity index (χ2n) is 14.2. The van der Waals surface area contributed by atoms with E-state index in [4.69, 9.17) is 41.8 Å². The molecule has 0 bridgehead atoms. The Kier molecular flexibility index (Phi) is 11.8. The Balaban J connectivity index is 2.46. The Bertz CT molecular complexity index is 1110. The third-order valence-electron chi connectivity index (χ3n) is 6.48. The van der Waals surface area contributed by atoms with Gasteiger partial charge in [-0.1, -0.05) is 42.8 Å². The van der Waals surface area contributed by atoms with Crippen LogP contribution >= 0.6 is 23.2 Å². The van der Waals surface area contributed by atoms with Gasteiger partial charge in [-0.15, -0.1) is 0 Å². The molecule has 40 heavy (non-hydrogen) atoms. The van der Waals surface area contributed by atoms with E-state index in [9.17, 15) is 9.00 Å². The van der Waals surface area contributed by atoms with E-state index in [1.807, 2.05) is 55.4 Å². The Morgan fingerprint density at radius 3 is 2.25 bits per heavy atom. The zero-order valence-corrected chi connectivity index (χ0v) is 29.4. The number of carbonyl (C=O) groups is 1. The van der Waals surface area contributed by atoms with E-state index in [0.717, 1.165) is 6.04 Å². The van der Waals surface area contributed by atoms with Gasteiger partial charge in [0.15, 0.2) is 6.79 Å². The summed E-state index contributed by atoms with van der Waals surface area (Å²) >= 11 is 12.9. The number of benzene rings is 1. The van der Waals surface area contributed by atoms with Crippen LogP contribution in [0.25, 0.3) is 0 Å². The number of amides is 1. The summed E-state index contributed by atoms with van der Waals surface area (Å²) in [6.07, 6.45) is 0.843. The number of ether oxygens (including phenoxy) is 3. The molecule has 2 rings (SSSR count). The van der Waals surface area contributed by atoms with Crippen LogP contribution in [0.4, 0.5) is 4.79 Å². The first-order chi connectivity index (χ1) is 18.1. The lowest BCUT2D eigenvalue weighted by Gasteiger charge is -2.46. The summed E-state index contributed by atoms with van der Waals surface area (Å²) in [5.74, 6) is 0.354. The van der Waals surface area contributed by atoms with E-state index >= 15 is 0 Å². The predicted molar refractivity (Wildman–Crippen MR) is 170 cm³/mol. The van der Waals surface area contributed by atoms with Crippen molar-refractivity contribution in [1.82, 2.24) is 4.90 Å². The van der Waals surface area contributed by atoms with Gasteiger partial charge in [0.05, 0.1) is 20.5 Å². The molecule has 1 aliphatic rings. The first-order valence-electron chi connectivity index (χ1n) is 13.8. The minimum absolute atomic E-state index is 0.0493. The number of hydrogen-bond acceptors (Lipinski definition) is 5. The number of likely N-dealkylation sites (tertiary alicyclic amines) is 1. The van der Waals surface area contributed by atoms with Crippen LogP contribution < -0.4 is 4.74 Å². The number of rotatable bonds is 9. The molecule has 0 aromatic heterocycles. The number of carbonyl (C=O) groups excluding carboxylic acids is 1. The van der Waals surface area contributed by atoms with Crippen molar-refractivity contribution in [2.45, 2.75) is 110 Å². The average molecular weight is 636 g/mol. The fourth-order valence-electron chi connectivity index (χ4n) is 4.25. The molecule has 228 valence electrons. The molecule has 11 heteroatoms. The Morgan fingerprint density at radius 2 is 1.73 bits per heavy atom. The van der Waals surface area contributed by atoms with Crippen molar-refractivity contribution in [3.05, 3.63) is 27.7 Å². The third kappa shape index (κ3) is 10.6. The van der Waals surface area contributed by atoms with Gasteiger partial charge in [-0.25, -0.2) is 9.00 Å². The molecule has 0 spiro atoms. The molecule has 1 aromatic rings. The monoisotopic (exact) mass is 634 g/mol. The average Bonchev–Trinajstić information content (AvgIpc) is 2.75. The molecule has 1 aromatic carbocycles. The van der Waals surface area contributed by atoms with Crippen LogP contribution in [0.1, 0.15) is 73.8 Å². The van der Waals surface area contributed by atoms with Gasteiger partial charge in [-0.05, 0) is 80.3 Å². The molecule has 0 radical (unpaired) electrons. The lowest BCUT2D eigenvalue weighted by molar-refractivity contribution is -0.0102. The van der Waals surface area contributed by atoms with Crippen molar-refractivity contribution in [1.29, 1.82) is 0 Å². The second-order valence-corrected chi connectivity index (χ2v) is 22.6. The first kappa shape index (κ1) is 35.1. The maximum absolute atomic E-state index is 13.4. The van der Waals surface area contributed by atoms with Crippen LogP contribution in [-0.4, -0.2) is 64.8 Å². The number of hydrogen-bond donors (Lipinski definition) is 0. The summed E-state index contributed by atoms with van der Waals surface area (Å²) in [5, 5.41) is 0.697. The van der Waals surface area contributed by atoms with Gasteiger partial charge < -0.3 is 19.1 Å². The van der Waals surface area contributed by atoms with Crippen molar-refractivity contribution >= 4 is 54.1 Å². The largest absolute Gasteiger partial charge is 0.467 e. The minimum atomic E-state index is -1.54. The maximum Gasteiger partial charge on any atom is 0.410 e. The number of halogens is 2. The van der Waals surface area contributed by atoms with Crippen molar-refractivity contribution in [3.63, 3.8) is 0 Å². The van der Waals surface area contributed by atoms with Crippen LogP contribution in [-0.2, 0) is 20.5 Å². The predicted octanol–water partition coefficient (Wildman–Crippen LogP) is 8.36. The summed E-state index contributed by atoms with van der Waals surface area (Å²) < 4.78 is 35.1. The van der Waals surface area contributed by atoms with E-state index in [-0.39, 0.29) is 18.8 Å². The maximum atomic E-state index is 13.4. The zero-order valence-electron chi connectivity index (χ0n) is 26.1. The fraction of sp³-hybridized carbons (Fsp3) is 0.724. The topological polar surface area (TPSA) is 77.4 Å². The molecule has 1 heterocycles. The lowest BCUT2D eigenvalue weighted by atomic mass is 9.78. The standard InChI is InChI=1S/C29H48Cl2N2O5SSi/c1-27(2,3)38-26(34)33-13-12-20(18-29(33,7)8)25(32-39(35)28(4,5)6)21-16-22(30)23(31)17-24(21)37-19-36-14-15-40(9,10)11/h16-17,20H,12-15,18-19H2,1-11H3. The Labute approximate surface area is 254 Å². The van der Waals surface area contributed by atoms with Gasteiger partial charge in [0.1, 0.15) is 22.3 Å². The van der Waals surface area contributed by atoms with Crippen LogP contribution in [0.3, 0.4) is 0 Å². The normalized spacial score (nSPS) is 19.4. The molecule has 1 saturated heterocycles. The molecule has 0 saturated carbocycles. The summed E-state index contributed by atoms with van der Waals surface area (Å²) in [6, 6.07) is 4.41. The van der Waals surface area contributed by atoms with Crippen molar-refractivity contribution < 1.29 is 23.2 Å². The Morgan fingerprint density at radius 1 is 1.12 bits per heavy atom. The van der Waals surface area contributed by atoms with E-state index in [2.05, 4.69) is 19.6 Å². The summed E-state index contributed by atoms with van der Waals surface area (Å²) in [5.41, 5.74) is 0.129. The van der Waals surface area contributed by atoms with Gasteiger partial charge in [-0.2, -0.15) is 4.40 Å². The van der Waals surface area contributed by atoms with Crippen molar-refractivity contribution in [2.24, 2.45) is 10.3 Å². The number of piperidine rings is 1. The van der Waals surface area contributed by atoms with Crippen molar-refractivity contribution in [2.75, 3.05) is 19.9 Å². The smallest absolute Gasteiger partial charge is 0.410 e. The highest BCUT2D eigenvalue weighted by Crippen LogP contribution is 2.39. The highest BCUT2D eigenvalue weighted by atomic mass is 35.5. The van der Waals surface area contributed by atoms with Gasteiger partial charge >= 0.3 is 6.09 Å². The summed E-state index contributed by atoms with van der Waals surface area (Å²) in [6.45, 7) is 23.3. The molecular weight excluding hydrogens is 587 g/mol. The van der Waals surface area contributed by atoms with Gasteiger partial charge in [0.25, 0.3) is 0 Å². The van der Waals surface area contributed by atoms with E-state index in [0.29, 0.717) is 53.1 Å². The lowest BCUT2D eigenvalue weighted by Crippen LogP contribution is -2.55. The quantitative estimate of drug-likeness (QED) is 0.118. The summed E-state index contributed by atoms with van der Waals surface area (Å²) in [4.78, 5) is 14.8. The van der Waals surface area contributed by atoms with Gasteiger partial charge in [0.2, 0.25) is 0 Å². The third-order valence-corrected chi connectivity index (χ3v) is 10.3. The molecule has 0 aliphatic carbocycles. The van der Waals surface area contributed by atoms with Crippen LogP contribution in [0.5, 0.6) is 5.75 Å². The molecule has 7 nitrogen and oxygen atoms in total. The highest BCUT2D eigenvalue weighted by molar-refractivity contribution is 7.85. The van der Waals surface area contributed by atoms with E-state index in [1.54, 1.807) is 17.0 Å². The zero-order chi connectivity index (χ0) is 30.7. The fourth-order valence-corrected chi connectivity index (χ4v) is 6.03. The summed E-state index contributed by atoms with van der Waals surface area (Å²) in [7, 11) is -2.78. The molecular formula is C29H48Cl2N2O5SSi. The van der Waals surface area contributed by atoms with Crippen LogP contribution in [0.15, 0.2) is 16.5 Å².